The van der Waals surface area contributed by atoms with Crippen LogP contribution in [0.15, 0.2) is 17.0 Å². The lowest BCUT2D eigenvalue weighted by Gasteiger charge is -2.54. The Labute approximate surface area is 145 Å². The monoisotopic (exact) mass is 349 g/mol. The highest BCUT2D eigenvalue weighted by atomic mass is 32.2. The van der Waals surface area contributed by atoms with Crippen molar-refractivity contribution in [2.75, 3.05) is 7.11 Å². The van der Waals surface area contributed by atoms with Crippen LogP contribution >= 0.6 is 0 Å². The summed E-state index contributed by atoms with van der Waals surface area (Å²) in [6.07, 6.45) is 6.22. The first-order chi connectivity index (χ1) is 11.4. The van der Waals surface area contributed by atoms with Crippen LogP contribution in [0, 0.1) is 37.5 Å². The molecule has 0 aromatic heterocycles. The third-order valence-corrected chi connectivity index (χ3v) is 7.91. The lowest BCUT2D eigenvalue weighted by atomic mass is 9.54. The fraction of sp³-hybridized carbons (Fsp3) is 0.684. The van der Waals surface area contributed by atoms with Gasteiger partial charge in [-0.05, 0) is 92.9 Å². The van der Waals surface area contributed by atoms with Gasteiger partial charge in [0.25, 0.3) is 0 Å². The van der Waals surface area contributed by atoms with Crippen LogP contribution < -0.4 is 9.46 Å². The minimum absolute atomic E-state index is 0.130. The van der Waals surface area contributed by atoms with Crippen molar-refractivity contribution in [1.82, 2.24) is 4.72 Å². The van der Waals surface area contributed by atoms with Gasteiger partial charge in [0.2, 0.25) is 10.0 Å². The zero-order chi connectivity index (χ0) is 17.1. The van der Waals surface area contributed by atoms with E-state index in [2.05, 4.69) is 4.72 Å². The standard InChI is InChI=1S/C19H27NO3S/c1-11-4-17(5-12(2)19(11)23-3)24(21,22)20-18-15-7-13-6-14(9-15)10-16(18)8-13/h4-5,13-16,18,20H,6-10H2,1-3H3. The molecule has 0 spiro atoms. The second kappa shape index (κ2) is 5.73. The zero-order valence-corrected chi connectivity index (χ0v) is 15.5. The van der Waals surface area contributed by atoms with Crippen molar-refractivity contribution in [2.24, 2.45) is 23.7 Å². The number of hydrogen-bond acceptors (Lipinski definition) is 3. The quantitative estimate of drug-likeness (QED) is 0.906. The predicted octanol–water partition coefficient (Wildman–Crippen LogP) is 3.42. The number of sulfonamides is 1. The fourth-order valence-electron chi connectivity index (χ4n) is 5.75. The number of rotatable bonds is 4. The average molecular weight is 349 g/mol. The predicted molar refractivity (Wildman–Crippen MR) is 93.6 cm³/mol. The first-order valence-electron chi connectivity index (χ1n) is 9.05. The molecule has 1 aromatic carbocycles. The van der Waals surface area contributed by atoms with Gasteiger partial charge in [0.15, 0.2) is 0 Å². The summed E-state index contributed by atoms with van der Waals surface area (Å²) in [5.74, 6) is 3.54. The van der Waals surface area contributed by atoms with Crippen molar-refractivity contribution in [1.29, 1.82) is 0 Å². The Morgan fingerprint density at radius 3 is 1.92 bits per heavy atom. The van der Waals surface area contributed by atoms with Gasteiger partial charge in [0.05, 0.1) is 12.0 Å². The van der Waals surface area contributed by atoms with E-state index in [9.17, 15) is 8.42 Å². The van der Waals surface area contributed by atoms with Crippen LogP contribution in [-0.4, -0.2) is 21.6 Å². The summed E-state index contributed by atoms with van der Waals surface area (Å²) in [6.45, 7) is 3.79. The fourth-order valence-corrected chi connectivity index (χ4v) is 7.30. The Hall–Kier alpha value is -1.07. The first-order valence-corrected chi connectivity index (χ1v) is 10.5. The van der Waals surface area contributed by atoms with Gasteiger partial charge in [-0.25, -0.2) is 13.1 Å². The summed E-state index contributed by atoms with van der Waals surface area (Å²) >= 11 is 0. The molecule has 132 valence electrons. The molecule has 4 nitrogen and oxygen atoms in total. The van der Waals surface area contributed by atoms with Gasteiger partial charge in [-0.1, -0.05) is 0 Å². The highest BCUT2D eigenvalue weighted by Crippen LogP contribution is 2.53. The molecule has 0 amide bonds. The maximum absolute atomic E-state index is 13.0. The molecule has 0 radical (unpaired) electrons. The molecule has 0 heterocycles. The van der Waals surface area contributed by atoms with Gasteiger partial charge < -0.3 is 4.74 Å². The molecule has 1 aromatic rings. The molecule has 0 saturated heterocycles. The Bertz CT molecular complexity index is 705. The molecule has 0 atom stereocenters. The smallest absolute Gasteiger partial charge is 0.240 e. The maximum Gasteiger partial charge on any atom is 0.240 e. The summed E-state index contributed by atoms with van der Waals surface area (Å²) in [4.78, 5) is 0.368. The van der Waals surface area contributed by atoms with E-state index in [0.717, 1.165) is 28.7 Å². The molecule has 4 saturated carbocycles. The average Bonchev–Trinajstić information content (AvgIpc) is 2.50. The topological polar surface area (TPSA) is 55.4 Å². The summed E-state index contributed by atoms with van der Waals surface area (Å²) in [6, 6.07) is 3.58. The normalized spacial score (nSPS) is 34.5. The molecule has 5 rings (SSSR count). The third-order valence-electron chi connectivity index (χ3n) is 6.47. The number of ether oxygens (including phenoxy) is 1. The Balaban J connectivity index is 1.60. The van der Waals surface area contributed by atoms with Gasteiger partial charge in [-0.15, -0.1) is 0 Å². The second-order valence-corrected chi connectivity index (χ2v) is 9.88. The number of aryl methyl sites for hydroxylation is 2. The molecule has 4 bridgehead atoms. The number of nitrogens with one attached hydrogen (secondary N) is 1. The van der Waals surface area contributed by atoms with Crippen LogP contribution in [0.5, 0.6) is 5.75 Å². The molecular formula is C19H27NO3S. The van der Waals surface area contributed by atoms with Crippen molar-refractivity contribution < 1.29 is 13.2 Å². The van der Waals surface area contributed by atoms with Gasteiger partial charge in [0.1, 0.15) is 5.75 Å². The Morgan fingerprint density at radius 1 is 0.958 bits per heavy atom. The highest BCUT2D eigenvalue weighted by Gasteiger charge is 2.49. The van der Waals surface area contributed by atoms with E-state index in [-0.39, 0.29) is 6.04 Å². The molecule has 4 aliphatic rings. The summed E-state index contributed by atoms with van der Waals surface area (Å²) < 4.78 is 34.4. The van der Waals surface area contributed by atoms with Crippen LogP contribution in [0.25, 0.3) is 0 Å². The van der Waals surface area contributed by atoms with Gasteiger partial charge in [0, 0.05) is 6.04 Å². The van der Waals surface area contributed by atoms with E-state index >= 15 is 0 Å². The molecular weight excluding hydrogens is 322 g/mol. The van der Waals surface area contributed by atoms with E-state index < -0.39 is 10.0 Å². The largest absolute Gasteiger partial charge is 0.496 e. The van der Waals surface area contributed by atoms with Crippen molar-refractivity contribution in [3.05, 3.63) is 23.3 Å². The highest BCUT2D eigenvalue weighted by molar-refractivity contribution is 7.89. The minimum Gasteiger partial charge on any atom is -0.496 e. The van der Waals surface area contributed by atoms with Gasteiger partial charge in [-0.2, -0.15) is 0 Å². The van der Waals surface area contributed by atoms with Crippen molar-refractivity contribution in [3.63, 3.8) is 0 Å². The molecule has 0 unspecified atom stereocenters. The lowest BCUT2D eigenvalue weighted by Crippen LogP contribution is -2.55. The lowest BCUT2D eigenvalue weighted by molar-refractivity contribution is -0.00557. The first kappa shape index (κ1) is 16.4. The molecule has 1 N–H and O–H groups in total. The minimum atomic E-state index is -3.48. The van der Waals surface area contributed by atoms with Crippen LogP contribution in [0.3, 0.4) is 0 Å². The number of hydrogen-bond donors (Lipinski definition) is 1. The number of benzene rings is 1. The number of methoxy groups -OCH3 is 1. The maximum atomic E-state index is 13.0. The van der Waals surface area contributed by atoms with Crippen LogP contribution in [0.2, 0.25) is 0 Å². The zero-order valence-electron chi connectivity index (χ0n) is 14.7. The van der Waals surface area contributed by atoms with Gasteiger partial charge in [-0.3, -0.25) is 0 Å². The van der Waals surface area contributed by atoms with Crippen LogP contribution in [0.1, 0.15) is 43.2 Å². The summed E-state index contributed by atoms with van der Waals surface area (Å²) in [5.41, 5.74) is 1.73. The van der Waals surface area contributed by atoms with E-state index in [4.69, 9.17) is 4.74 Å². The molecule has 4 aliphatic carbocycles. The molecule has 24 heavy (non-hydrogen) atoms. The Morgan fingerprint density at radius 2 is 1.46 bits per heavy atom. The molecule has 5 heteroatoms. The molecule has 0 aliphatic heterocycles. The van der Waals surface area contributed by atoms with Crippen molar-refractivity contribution in [2.45, 2.75) is 56.9 Å². The third kappa shape index (κ3) is 2.66. The van der Waals surface area contributed by atoms with Gasteiger partial charge >= 0.3 is 0 Å². The SMILES string of the molecule is COc1c(C)cc(S(=O)(=O)NC2C3CC4CC(C3)CC2C4)cc1C. The second-order valence-electron chi connectivity index (χ2n) is 8.17. The van der Waals surface area contributed by atoms with E-state index in [1.165, 1.54) is 32.1 Å². The van der Waals surface area contributed by atoms with Crippen molar-refractivity contribution in [3.8, 4) is 5.75 Å². The molecule has 4 fully saturated rings. The van der Waals surface area contributed by atoms with E-state index in [1.54, 1.807) is 19.2 Å². The van der Waals surface area contributed by atoms with Crippen molar-refractivity contribution >= 4 is 10.0 Å². The summed E-state index contributed by atoms with van der Waals surface area (Å²) in [7, 11) is -1.86. The van der Waals surface area contributed by atoms with Crippen LogP contribution in [0.4, 0.5) is 0 Å². The van der Waals surface area contributed by atoms with Crippen LogP contribution in [-0.2, 0) is 10.0 Å². The Kier molecular flexibility index (Phi) is 3.92. The summed E-state index contributed by atoms with van der Waals surface area (Å²) in [5, 5.41) is 0. The van der Waals surface area contributed by atoms with E-state index in [0.29, 0.717) is 16.7 Å². The van der Waals surface area contributed by atoms with E-state index in [1.807, 2.05) is 13.8 Å².